The van der Waals surface area contributed by atoms with E-state index in [9.17, 15) is 0 Å². The number of hydrogen-bond acceptors (Lipinski definition) is 4. The molecule has 2 aliphatic rings. The van der Waals surface area contributed by atoms with E-state index in [-0.39, 0.29) is 0 Å². The highest BCUT2D eigenvalue weighted by Crippen LogP contribution is 2.28. The Morgan fingerprint density at radius 2 is 1.86 bits per heavy atom. The van der Waals surface area contributed by atoms with Crippen molar-refractivity contribution in [2.45, 2.75) is 38.1 Å². The van der Waals surface area contributed by atoms with Gasteiger partial charge in [-0.2, -0.15) is 5.10 Å². The van der Waals surface area contributed by atoms with Crippen LogP contribution in [0.3, 0.4) is 0 Å². The zero-order chi connectivity index (χ0) is 18.9. The zero-order valence-corrected chi connectivity index (χ0v) is 16.9. The molecule has 4 heterocycles. The van der Waals surface area contributed by atoms with Crippen molar-refractivity contribution in [2.24, 2.45) is 0 Å². The van der Waals surface area contributed by atoms with Gasteiger partial charge in [0.1, 0.15) is 0 Å². The van der Waals surface area contributed by atoms with E-state index >= 15 is 0 Å². The Morgan fingerprint density at radius 3 is 2.71 bits per heavy atom. The van der Waals surface area contributed by atoms with Gasteiger partial charge in [0.25, 0.3) is 0 Å². The predicted molar refractivity (Wildman–Crippen MR) is 113 cm³/mol. The van der Waals surface area contributed by atoms with Gasteiger partial charge < -0.3 is 4.90 Å². The molecule has 5 rings (SSSR count). The molecule has 0 N–H and O–H groups in total. The zero-order valence-electron chi connectivity index (χ0n) is 16.1. The van der Waals surface area contributed by atoms with Gasteiger partial charge in [-0.25, -0.2) is 9.50 Å². The molecule has 6 heteroatoms. The van der Waals surface area contributed by atoms with Crippen molar-refractivity contribution in [3.8, 4) is 0 Å². The van der Waals surface area contributed by atoms with Gasteiger partial charge in [-0.1, -0.05) is 29.8 Å². The van der Waals surface area contributed by atoms with Crippen molar-refractivity contribution in [2.75, 3.05) is 31.1 Å². The second kappa shape index (κ2) is 7.72. The number of benzene rings is 1. The predicted octanol–water partition coefficient (Wildman–Crippen LogP) is 4.36. The number of nitrogens with zero attached hydrogens (tertiary/aromatic N) is 5. The average molecular weight is 396 g/mol. The number of halogens is 1. The van der Waals surface area contributed by atoms with Gasteiger partial charge in [0, 0.05) is 37.1 Å². The van der Waals surface area contributed by atoms with Crippen LogP contribution in [0.2, 0.25) is 5.02 Å². The molecule has 1 unspecified atom stereocenters. The maximum atomic E-state index is 6.36. The molecule has 1 aromatic carbocycles. The van der Waals surface area contributed by atoms with Crippen LogP contribution in [0.1, 0.15) is 43.0 Å². The number of pyridine rings is 1. The van der Waals surface area contributed by atoms with E-state index in [0.717, 1.165) is 55.6 Å². The number of rotatable bonds is 4. The third-order valence-corrected chi connectivity index (χ3v) is 6.39. The molecule has 5 nitrogen and oxygen atoms in total. The summed E-state index contributed by atoms with van der Waals surface area (Å²) in [6, 6.07) is 12.4. The molecular weight excluding hydrogens is 370 g/mol. The summed E-state index contributed by atoms with van der Waals surface area (Å²) in [7, 11) is 0. The highest BCUT2D eigenvalue weighted by molar-refractivity contribution is 6.31. The van der Waals surface area contributed by atoms with Crippen molar-refractivity contribution in [1.29, 1.82) is 0 Å². The summed E-state index contributed by atoms with van der Waals surface area (Å²) < 4.78 is 1.97. The van der Waals surface area contributed by atoms with Crippen LogP contribution in [0.15, 0.2) is 42.6 Å². The molecule has 2 saturated heterocycles. The summed E-state index contributed by atoms with van der Waals surface area (Å²) in [6.45, 7) is 5.28. The standard InChI is InChI=1S/C22H26ClN5/c23-20-8-2-1-6-17(20)14-26-11-5-7-18(15-26)22-24-21-10-9-19(16-28(21)25-22)27-12-3-4-13-27/h1-2,6,8-10,16,18H,3-5,7,11-15H2. The van der Waals surface area contributed by atoms with Crippen molar-refractivity contribution in [1.82, 2.24) is 19.5 Å². The number of hydrogen-bond donors (Lipinski definition) is 0. The van der Waals surface area contributed by atoms with Crippen LogP contribution in [-0.4, -0.2) is 45.7 Å². The van der Waals surface area contributed by atoms with E-state index in [2.05, 4.69) is 40.3 Å². The molecule has 1 atom stereocenters. The average Bonchev–Trinajstić information content (AvgIpc) is 3.39. The van der Waals surface area contributed by atoms with Crippen LogP contribution in [-0.2, 0) is 6.54 Å². The molecule has 0 radical (unpaired) electrons. The van der Waals surface area contributed by atoms with Crippen LogP contribution in [0.25, 0.3) is 5.65 Å². The normalized spacial score (nSPS) is 20.9. The van der Waals surface area contributed by atoms with Crippen LogP contribution < -0.4 is 4.90 Å². The van der Waals surface area contributed by atoms with Crippen molar-refractivity contribution in [3.63, 3.8) is 0 Å². The molecule has 0 bridgehead atoms. The molecule has 0 amide bonds. The fraction of sp³-hybridized carbons (Fsp3) is 0.455. The van der Waals surface area contributed by atoms with E-state index in [1.165, 1.54) is 30.5 Å². The quantitative estimate of drug-likeness (QED) is 0.657. The number of aromatic nitrogens is 3. The van der Waals surface area contributed by atoms with Gasteiger partial charge >= 0.3 is 0 Å². The highest BCUT2D eigenvalue weighted by Gasteiger charge is 2.25. The first-order valence-electron chi connectivity index (χ1n) is 10.3. The van der Waals surface area contributed by atoms with Gasteiger partial charge in [0.2, 0.25) is 0 Å². The topological polar surface area (TPSA) is 36.7 Å². The molecule has 3 aromatic rings. The largest absolute Gasteiger partial charge is 0.370 e. The number of fused-ring (bicyclic) bond motifs is 1. The SMILES string of the molecule is Clc1ccccc1CN1CCCC(c2nc3ccc(N4CCCC4)cn3n2)C1. The second-order valence-corrected chi connectivity index (χ2v) is 8.43. The van der Waals surface area contributed by atoms with E-state index in [4.69, 9.17) is 21.7 Å². The Morgan fingerprint density at radius 1 is 1.00 bits per heavy atom. The maximum Gasteiger partial charge on any atom is 0.156 e. The van der Waals surface area contributed by atoms with Crippen molar-refractivity contribution in [3.05, 3.63) is 59.0 Å². The molecule has 2 aliphatic heterocycles. The van der Waals surface area contributed by atoms with Gasteiger partial charge in [-0.3, -0.25) is 4.90 Å². The lowest BCUT2D eigenvalue weighted by Crippen LogP contribution is -2.34. The molecule has 0 aliphatic carbocycles. The van der Waals surface area contributed by atoms with E-state index in [1.807, 2.05) is 16.6 Å². The first-order valence-corrected chi connectivity index (χ1v) is 10.7. The third kappa shape index (κ3) is 3.61. The monoisotopic (exact) mass is 395 g/mol. The Balaban J connectivity index is 1.33. The number of piperidine rings is 1. The Hall–Kier alpha value is -2.11. The van der Waals surface area contributed by atoms with Crippen LogP contribution in [0.5, 0.6) is 0 Å². The molecule has 28 heavy (non-hydrogen) atoms. The van der Waals surface area contributed by atoms with Gasteiger partial charge in [0.05, 0.1) is 11.9 Å². The molecule has 2 fully saturated rings. The van der Waals surface area contributed by atoms with E-state index in [1.54, 1.807) is 0 Å². The van der Waals surface area contributed by atoms with Crippen molar-refractivity contribution < 1.29 is 0 Å². The minimum atomic E-state index is 0.381. The third-order valence-electron chi connectivity index (χ3n) is 6.03. The molecule has 0 spiro atoms. The highest BCUT2D eigenvalue weighted by atomic mass is 35.5. The summed E-state index contributed by atoms with van der Waals surface area (Å²) in [4.78, 5) is 9.76. The summed E-state index contributed by atoms with van der Waals surface area (Å²) in [6.07, 6.45) is 7.02. The van der Waals surface area contributed by atoms with Gasteiger partial charge in [0.15, 0.2) is 11.5 Å². The lowest BCUT2D eigenvalue weighted by atomic mass is 9.97. The van der Waals surface area contributed by atoms with E-state index < -0.39 is 0 Å². The fourth-order valence-electron chi connectivity index (χ4n) is 4.50. The minimum absolute atomic E-state index is 0.381. The molecule has 0 saturated carbocycles. The number of likely N-dealkylation sites (tertiary alicyclic amines) is 1. The first-order chi connectivity index (χ1) is 13.8. The van der Waals surface area contributed by atoms with Crippen LogP contribution in [0.4, 0.5) is 5.69 Å². The summed E-state index contributed by atoms with van der Waals surface area (Å²) in [5, 5.41) is 5.71. The Kier molecular flexibility index (Phi) is 4.95. The summed E-state index contributed by atoms with van der Waals surface area (Å²) >= 11 is 6.36. The van der Waals surface area contributed by atoms with Crippen LogP contribution in [0, 0.1) is 0 Å². The summed E-state index contributed by atoms with van der Waals surface area (Å²) in [5.74, 6) is 1.36. The second-order valence-electron chi connectivity index (χ2n) is 8.02. The lowest BCUT2D eigenvalue weighted by Gasteiger charge is -2.31. The minimum Gasteiger partial charge on any atom is -0.370 e. The van der Waals surface area contributed by atoms with Crippen LogP contribution >= 0.6 is 11.6 Å². The fourth-order valence-corrected chi connectivity index (χ4v) is 4.70. The summed E-state index contributed by atoms with van der Waals surface area (Å²) in [5.41, 5.74) is 3.40. The van der Waals surface area contributed by atoms with E-state index in [0.29, 0.717) is 5.92 Å². The Bertz CT molecular complexity index is 962. The smallest absolute Gasteiger partial charge is 0.156 e. The molecular formula is C22H26ClN5. The van der Waals surface area contributed by atoms with Crippen molar-refractivity contribution >= 4 is 22.9 Å². The maximum absolute atomic E-state index is 6.36. The van der Waals surface area contributed by atoms with Gasteiger partial charge in [-0.15, -0.1) is 0 Å². The molecule has 146 valence electrons. The Labute approximate surface area is 170 Å². The first kappa shape index (κ1) is 18.0. The lowest BCUT2D eigenvalue weighted by molar-refractivity contribution is 0.196. The molecule has 2 aromatic heterocycles. The van der Waals surface area contributed by atoms with Gasteiger partial charge in [-0.05, 0) is 56.0 Å². The number of anilines is 1.